The summed E-state index contributed by atoms with van der Waals surface area (Å²) in [6.45, 7) is 9.65. The molecule has 0 aromatic heterocycles. The van der Waals surface area contributed by atoms with E-state index >= 15 is 0 Å². The van der Waals surface area contributed by atoms with E-state index in [1.165, 1.54) is 0 Å². The van der Waals surface area contributed by atoms with Gasteiger partial charge in [-0.05, 0) is 45.4 Å². The van der Waals surface area contributed by atoms with Crippen molar-refractivity contribution in [2.24, 2.45) is 10.8 Å². The molecule has 0 unspecified atom stereocenters. The minimum atomic E-state index is -0.860. The zero-order valence-corrected chi connectivity index (χ0v) is 16.9. The van der Waals surface area contributed by atoms with E-state index in [1.807, 2.05) is 27.7 Å². The van der Waals surface area contributed by atoms with Gasteiger partial charge in [-0.25, -0.2) is 0 Å². The van der Waals surface area contributed by atoms with Crippen LogP contribution < -0.4 is 0 Å². The van der Waals surface area contributed by atoms with E-state index in [-0.39, 0.29) is 36.8 Å². The van der Waals surface area contributed by atoms with E-state index < -0.39 is 16.8 Å². The van der Waals surface area contributed by atoms with Gasteiger partial charge in [0.1, 0.15) is 11.6 Å². The Morgan fingerprint density at radius 2 is 1.31 bits per heavy atom. The molecule has 0 saturated carbocycles. The van der Waals surface area contributed by atoms with Crippen LogP contribution in [0.25, 0.3) is 0 Å². The predicted molar refractivity (Wildman–Crippen MR) is 98.8 cm³/mol. The molecule has 0 atom stereocenters. The van der Waals surface area contributed by atoms with Gasteiger partial charge in [0, 0.05) is 32.1 Å². The second-order valence-electron chi connectivity index (χ2n) is 7.91. The van der Waals surface area contributed by atoms with Crippen LogP contribution in [0.3, 0.4) is 0 Å². The van der Waals surface area contributed by atoms with Gasteiger partial charge in [-0.15, -0.1) is 0 Å². The SMILES string of the molecule is CCOC(=O)C(C)(C)C(C)(C)CCC(=O)CCC(=O)CCCCC(=O)O. The van der Waals surface area contributed by atoms with Crippen molar-refractivity contribution in [2.75, 3.05) is 6.61 Å². The molecule has 0 aliphatic heterocycles. The average molecular weight is 370 g/mol. The van der Waals surface area contributed by atoms with Crippen molar-refractivity contribution >= 4 is 23.5 Å². The lowest BCUT2D eigenvalue weighted by Crippen LogP contribution is -2.41. The van der Waals surface area contributed by atoms with Gasteiger partial charge in [-0.2, -0.15) is 0 Å². The Bertz CT molecular complexity index is 504. The first-order valence-electron chi connectivity index (χ1n) is 9.36. The lowest BCUT2D eigenvalue weighted by molar-refractivity contribution is -0.161. The number of rotatable bonds is 14. The zero-order valence-electron chi connectivity index (χ0n) is 16.9. The fraction of sp³-hybridized carbons (Fsp3) is 0.800. The van der Waals surface area contributed by atoms with E-state index in [9.17, 15) is 19.2 Å². The summed E-state index contributed by atoms with van der Waals surface area (Å²) < 4.78 is 5.14. The van der Waals surface area contributed by atoms with Crippen LogP contribution in [0.2, 0.25) is 0 Å². The number of carboxylic acid groups (broad SMARTS) is 1. The number of carbonyl (C=O) groups excluding carboxylic acids is 3. The zero-order chi connectivity index (χ0) is 20.4. The highest BCUT2D eigenvalue weighted by atomic mass is 16.5. The van der Waals surface area contributed by atoms with E-state index in [0.29, 0.717) is 38.7 Å². The molecular formula is C20H34O6. The first-order valence-corrected chi connectivity index (χ1v) is 9.36. The predicted octanol–water partition coefficient (Wildman–Crippen LogP) is 3.95. The number of ketones is 2. The third-order valence-corrected chi connectivity index (χ3v) is 5.29. The van der Waals surface area contributed by atoms with Crippen LogP contribution in [0.4, 0.5) is 0 Å². The summed E-state index contributed by atoms with van der Waals surface area (Å²) >= 11 is 0. The number of carboxylic acids is 1. The molecule has 0 aliphatic rings. The molecule has 0 heterocycles. The van der Waals surface area contributed by atoms with Crippen molar-refractivity contribution in [1.29, 1.82) is 0 Å². The quantitative estimate of drug-likeness (QED) is 0.367. The Balaban J connectivity index is 4.26. The van der Waals surface area contributed by atoms with Gasteiger partial charge < -0.3 is 9.84 Å². The van der Waals surface area contributed by atoms with E-state index in [2.05, 4.69) is 0 Å². The number of carbonyl (C=O) groups is 4. The molecule has 0 radical (unpaired) electrons. The van der Waals surface area contributed by atoms with Crippen molar-refractivity contribution in [2.45, 2.75) is 86.0 Å². The molecule has 0 saturated heterocycles. The summed E-state index contributed by atoms with van der Waals surface area (Å²) in [5, 5.41) is 8.54. The number of hydrogen-bond acceptors (Lipinski definition) is 5. The number of unbranched alkanes of at least 4 members (excludes halogenated alkanes) is 1. The lowest BCUT2D eigenvalue weighted by Gasteiger charge is -2.39. The lowest BCUT2D eigenvalue weighted by atomic mass is 9.65. The molecule has 0 bridgehead atoms. The van der Waals surface area contributed by atoms with Gasteiger partial charge in [0.15, 0.2) is 0 Å². The van der Waals surface area contributed by atoms with Crippen molar-refractivity contribution in [3.05, 3.63) is 0 Å². The monoisotopic (exact) mass is 370 g/mol. The second kappa shape index (κ2) is 11.1. The Morgan fingerprint density at radius 1 is 0.808 bits per heavy atom. The van der Waals surface area contributed by atoms with Gasteiger partial charge in [-0.3, -0.25) is 19.2 Å². The summed E-state index contributed by atoms with van der Waals surface area (Å²) in [5.41, 5.74) is -1.11. The molecule has 1 N–H and O–H groups in total. The molecule has 0 amide bonds. The third-order valence-electron chi connectivity index (χ3n) is 5.29. The molecule has 6 heteroatoms. The Hall–Kier alpha value is -1.72. The molecule has 26 heavy (non-hydrogen) atoms. The van der Waals surface area contributed by atoms with Crippen molar-refractivity contribution < 1.29 is 29.0 Å². The average Bonchev–Trinajstić information content (AvgIpc) is 2.54. The first kappa shape index (κ1) is 24.3. The number of esters is 1. The maximum atomic E-state index is 12.1. The van der Waals surface area contributed by atoms with Crippen LogP contribution in [-0.4, -0.2) is 35.2 Å². The number of ether oxygens (including phenoxy) is 1. The third kappa shape index (κ3) is 8.59. The number of Topliss-reactive ketones (excluding diaryl/α,β-unsaturated/α-hetero) is 2. The van der Waals surface area contributed by atoms with Crippen LogP contribution in [0.1, 0.15) is 86.0 Å². The molecule has 0 aromatic carbocycles. The molecule has 0 fully saturated rings. The van der Waals surface area contributed by atoms with E-state index in [4.69, 9.17) is 9.84 Å². The van der Waals surface area contributed by atoms with Crippen molar-refractivity contribution in [3.63, 3.8) is 0 Å². The van der Waals surface area contributed by atoms with Crippen LogP contribution in [-0.2, 0) is 23.9 Å². The second-order valence-corrected chi connectivity index (χ2v) is 7.91. The molecule has 0 rings (SSSR count). The standard InChI is InChI=1S/C20H34O6/c1-6-26-18(25)20(4,5)19(2,3)14-13-16(22)12-11-15(21)9-7-8-10-17(23)24/h6-14H2,1-5H3,(H,23,24). The molecule has 0 aliphatic carbocycles. The first-order chi connectivity index (χ1) is 11.9. The van der Waals surface area contributed by atoms with Crippen molar-refractivity contribution in [3.8, 4) is 0 Å². The number of aliphatic carboxylic acids is 1. The topological polar surface area (TPSA) is 97.7 Å². The fourth-order valence-electron chi connectivity index (χ4n) is 2.48. The molecular weight excluding hydrogens is 336 g/mol. The van der Waals surface area contributed by atoms with E-state index in [1.54, 1.807) is 6.92 Å². The van der Waals surface area contributed by atoms with Gasteiger partial charge in [0.25, 0.3) is 0 Å². The summed E-state index contributed by atoms with van der Waals surface area (Å²) in [7, 11) is 0. The Morgan fingerprint density at radius 3 is 1.81 bits per heavy atom. The van der Waals surface area contributed by atoms with Crippen LogP contribution in [0, 0.1) is 10.8 Å². The minimum Gasteiger partial charge on any atom is -0.481 e. The molecule has 0 aromatic rings. The largest absolute Gasteiger partial charge is 0.481 e. The van der Waals surface area contributed by atoms with Gasteiger partial charge >= 0.3 is 11.9 Å². The van der Waals surface area contributed by atoms with Gasteiger partial charge in [-0.1, -0.05) is 13.8 Å². The van der Waals surface area contributed by atoms with Gasteiger partial charge in [0.2, 0.25) is 0 Å². The Kier molecular flexibility index (Phi) is 10.4. The maximum Gasteiger partial charge on any atom is 0.312 e. The molecule has 150 valence electrons. The van der Waals surface area contributed by atoms with Crippen LogP contribution in [0.15, 0.2) is 0 Å². The molecule has 0 spiro atoms. The van der Waals surface area contributed by atoms with Crippen LogP contribution in [0.5, 0.6) is 0 Å². The van der Waals surface area contributed by atoms with Crippen LogP contribution >= 0.6 is 0 Å². The highest BCUT2D eigenvalue weighted by Gasteiger charge is 2.44. The van der Waals surface area contributed by atoms with Gasteiger partial charge in [0.05, 0.1) is 12.0 Å². The highest BCUT2D eigenvalue weighted by molar-refractivity contribution is 5.86. The highest BCUT2D eigenvalue weighted by Crippen LogP contribution is 2.43. The van der Waals surface area contributed by atoms with Crippen molar-refractivity contribution in [1.82, 2.24) is 0 Å². The smallest absolute Gasteiger partial charge is 0.312 e. The summed E-state index contributed by atoms with van der Waals surface area (Å²) in [6, 6.07) is 0. The summed E-state index contributed by atoms with van der Waals surface area (Å²) in [5.74, 6) is -1.12. The van der Waals surface area contributed by atoms with E-state index in [0.717, 1.165) is 0 Å². The Labute approximate surface area is 156 Å². The number of hydrogen-bond donors (Lipinski definition) is 1. The normalized spacial score (nSPS) is 11.9. The summed E-state index contributed by atoms with van der Waals surface area (Å²) in [6.07, 6.45) is 2.68. The minimum absolute atomic E-state index is 0.00477. The summed E-state index contributed by atoms with van der Waals surface area (Å²) in [4.78, 5) is 46.4. The fourth-order valence-corrected chi connectivity index (χ4v) is 2.48. The maximum absolute atomic E-state index is 12.1. The molecule has 6 nitrogen and oxygen atoms in total.